The van der Waals surface area contributed by atoms with Gasteiger partial charge in [-0.05, 0) is 18.2 Å². The van der Waals surface area contributed by atoms with Gasteiger partial charge in [0.2, 0.25) is 12.6 Å². The molecule has 2 atom stereocenters. The van der Waals surface area contributed by atoms with Crippen molar-refractivity contribution in [2.45, 2.75) is 11.7 Å². The Morgan fingerprint density at radius 2 is 1.89 bits per heavy atom. The first-order valence-corrected chi connectivity index (χ1v) is 8.55. The van der Waals surface area contributed by atoms with Crippen molar-refractivity contribution in [1.82, 2.24) is 0 Å². The second-order valence-corrected chi connectivity index (χ2v) is 6.69. The molecule has 7 heteroatoms. The van der Waals surface area contributed by atoms with Gasteiger partial charge in [-0.1, -0.05) is 0 Å². The molecular formula is C20H14O7. The summed E-state index contributed by atoms with van der Waals surface area (Å²) in [4.78, 5) is 13.7. The van der Waals surface area contributed by atoms with Crippen molar-refractivity contribution in [3.63, 3.8) is 0 Å². The highest BCUT2D eigenvalue weighted by Crippen LogP contribution is 2.51. The monoisotopic (exact) mass is 366 g/mol. The number of methoxy groups -OCH3 is 1. The topological polar surface area (TPSA) is 76.4 Å². The fourth-order valence-electron chi connectivity index (χ4n) is 4.13. The van der Waals surface area contributed by atoms with E-state index < -0.39 is 11.7 Å². The van der Waals surface area contributed by atoms with Crippen molar-refractivity contribution in [2.24, 2.45) is 0 Å². The summed E-state index contributed by atoms with van der Waals surface area (Å²) in [6, 6.07) is 8.80. The number of hydrogen-bond donors (Lipinski definition) is 0. The molecule has 7 nitrogen and oxygen atoms in total. The van der Waals surface area contributed by atoms with E-state index in [9.17, 15) is 4.79 Å². The Balaban J connectivity index is 1.60. The minimum atomic E-state index is -1.32. The Hall–Kier alpha value is -3.19. The summed E-state index contributed by atoms with van der Waals surface area (Å²) in [6.45, 7) is 0.301. The van der Waals surface area contributed by atoms with Crippen LogP contribution in [0.4, 0.5) is 0 Å². The molecule has 0 aliphatic carbocycles. The Kier molecular flexibility index (Phi) is 2.74. The molecule has 0 saturated heterocycles. The third-order valence-corrected chi connectivity index (χ3v) is 5.45. The van der Waals surface area contributed by atoms with E-state index in [1.807, 2.05) is 6.07 Å². The molecule has 0 fully saturated rings. The summed E-state index contributed by atoms with van der Waals surface area (Å²) < 4.78 is 34.2. The fraction of sp³-hybridized carbons (Fsp3) is 0.250. The van der Waals surface area contributed by atoms with Crippen molar-refractivity contribution in [1.29, 1.82) is 0 Å². The lowest BCUT2D eigenvalue weighted by Crippen LogP contribution is -2.58. The first kappa shape index (κ1) is 14.9. The normalized spacial score (nSPS) is 24.6. The standard InChI is InChI=1S/C20H14O7/c1-22-20-12-5-16-17(26-9-25-16)7-15(12)24-8-18(20)27-14-6-13-10(2-3-23-13)4-11(14)19(20)21/h2-7,18H,8-9H2,1H3/t18-,20-/m0/s1. The number of carbonyl (C=O) groups excluding carboxylic acids is 1. The van der Waals surface area contributed by atoms with Crippen LogP contribution in [0.5, 0.6) is 23.0 Å². The maximum atomic E-state index is 13.7. The van der Waals surface area contributed by atoms with E-state index in [1.165, 1.54) is 7.11 Å². The Morgan fingerprint density at radius 1 is 1.04 bits per heavy atom. The third-order valence-electron chi connectivity index (χ3n) is 5.45. The van der Waals surface area contributed by atoms with Crippen molar-refractivity contribution in [3.8, 4) is 23.0 Å². The first-order valence-electron chi connectivity index (χ1n) is 8.55. The van der Waals surface area contributed by atoms with E-state index in [4.69, 9.17) is 28.1 Å². The van der Waals surface area contributed by atoms with Crippen molar-refractivity contribution in [2.75, 3.05) is 20.5 Å². The molecule has 3 aliphatic heterocycles. The predicted octanol–water partition coefficient (Wildman–Crippen LogP) is 3.04. The smallest absolute Gasteiger partial charge is 0.231 e. The number of furan rings is 1. The summed E-state index contributed by atoms with van der Waals surface area (Å²) in [6.07, 6.45) is 0.946. The average molecular weight is 366 g/mol. The van der Waals surface area contributed by atoms with Crippen LogP contribution in [0.2, 0.25) is 0 Å². The van der Waals surface area contributed by atoms with Gasteiger partial charge in [0, 0.05) is 30.2 Å². The largest absolute Gasteiger partial charge is 0.489 e. The summed E-state index contributed by atoms with van der Waals surface area (Å²) in [5.74, 6) is 1.96. The maximum Gasteiger partial charge on any atom is 0.231 e. The zero-order chi connectivity index (χ0) is 18.2. The number of ketones is 1. The van der Waals surface area contributed by atoms with E-state index in [2.05, 4.69) is 0 Å². The molecule has 0 spiro atoms. The molecule has 0 N–H and O–H groups in total. The number of rotatable bonds is 1. The van der Waals surface area contributed by atoms with E-state index >= 15 is 0 Å². The molecule has 0 bridgehead atoms. The van der Waals surface area contributed by atoms with Crippen LogP contribution in [0.1, 0.15) is 15.9 Å². The lowest BCUT2D eigenvalue weighted by Gasteiger charge is -2.45. The van der Waals surface area contributed by atoms with Crippen molar-refractivity contribution in [3.05, 3.63) is 47.7 Å². The highest BCUT2D eigenvalue weighted by Gasteiger charge is 2.58. The highest BCUT2D eigenvalue weighted by molar-refractivity contribution is 6.09. The van der Waals surface area contributed by atoms with E-state index in [1.54, 1.807) is 30.5 Å². The molecule has 136 valence electrons. The van der Waals surface area contributed by atoms with Gasteiger partial charge in [-0.25, -0.2) is 0 Å². The van der Waals surface area contributed by atoms with Crippen LogP contribution in [-0.2, 0) is 10.3 Å². The predicted molar refractivity (Wildman–Crippen MR) is 91.7 cm³/mol. The fourth-order valence-corrected chi connectivity index (χ4v) is 4.13. The Bertz CT molecular complexity index is 1110. The van der Waals surface area contributed by atoms with E-state index in [0.717, 1.165) is 5.39 Å². The zero-order valence-electron chi connectivity index (χ0n) is 14.3. The van der Waals surface area contributed by atoms with Gasteiger partial charge in [0.1, 0.15) is 23.7 Å². The molecular weight excluding hydrogens is 352 g/mol. The quantitative estimate of drug-likeness (QED) is 0.655. The van der Waals surface area contributed by atoms with Crippen LogP contribution in [0.15, 0.2) is 41.0 Å². The van der Waals surface area contributed by atoms with Crippen LogP contribution in [0, 0.1) is 0 Å². The second kappa shape index (κ2) is 4.95. The second-order valence-electron chi connectivity index (χ2n) is 6.69. The third kappa shape index (κ3) is 1.77. The number of ether oxygens (including phenoxy) is 5. The van der Waals surface area contributed by atoms with Crippen LogP contribution in [0.3, 0.4) is 0 Å². The maximum absolute atomic E-state index is 13.7. The van der Waals surface area contributed by atoms with Crippen molar-refractivity contribution < 1.29 is 32.9 Å². The highest BCUT2D eigenvalue weighted by atomic mass is 16.7. The van der Waals surface area contributed by atoms with Gasteiger partial charge in [0.15, 0.2) is 23.2 Å². The molecule has 3 aliphatic rings. The van der Waals surface area contributed by atoms with Crippen LogP contribution in [0.25, 0.3) is 11.0 Å². The molecule has 4 heterocycles. The number of carbonyl (C=O) groups is 1. The van der Waals surface area contributed by atoms with Gasteiger partial charge >= 0.3 is 0 Å². The first-order chi connectivity index (χ1) is 13.2. The molecule has 6 rings (SSSR count). The summed E-state index contributed by atoms with van der Waals surface area (Å²) >= 11 is 0. The lowest BCUT2D eigenvalue weighted by atomic mass is 9.77. The minimum Gasteiger partial charge on any atom is -0.489 e. The van der Waals surface area contributed by atoms with Crippen LogP contribution in [-0.4, -0.2) is 32.4 Å². The van der Waals surface area contributed by atoms with Gasteiger partial charge in [0.25, 0.3) is 0 Å². The molecule has 0 radical (unpaired) electrons. The van der Waals surface area contributed by atoms with Gasteiger partial charge in [0.05, 0.1) is 11.8 Å². The molecule has 3 aromatic rings. The molecule has 0 saturated carbocycles. The summed E-state index contributed by atoms with van der Waals surface area (Å²) in [7, 11) is 1.51. The zero-order valence-corrected chi connectivity index (χ0v) is 14.3. The average Bonchev–Trinajstić information content (AvgIpc) is 3.33. The lowest BCUT2D eigenvalue weighted by molar-refractivity contribution is -0.102. The number of Topliss-reactive ketones (excluding diaryl/α,β-unsaturated/α-hetero) is 1. The summed E-state index contributed by atoms with van der Waals surface area (Å²) in [5.41, 5.74) is 0.367. The minimum absolute atomic E-state index is 0.132. The summed E-state index contributed by atoms with van der Waals surface area (Å²) in [5, 5.41) is 0.827. The molecule has 27 heavy (non-hydrogen) atoms. The number of fused-ring (bicyclic) bond motifs is 6. The Morgan fingerprint density at radius 3 is 2.74 bits per heavy atom. The molecule has 1 aromatic heterocycles. The molecule has 0 amide bonds. The van der Waals surface area contributed by atoms with Gasteiger partial charge in [-0.15, -0.1) is 0 Å². The molecule has 2 aromatic carbocycles. The SMILES string of the molecule is CO[C@]12C(=O)c3cc4ccoc4cc3O[C@H]1COc1cc3c(cc12)OCO3. The number of hydrogen-bond acceptors (Lipinski definition) is 7. The molecule has 0 unspecified atom stereocenters. The van der Waals surface area contributed by atoms with Gasteiger partial charge < -0.3 is 28.1 Å². The van der Waals surface area contributed by atoms with Crippen LogP contribution < -0.4 is 18.9 Å². The van der Waals surface area contributed by atoms with Crippen molar-refractivity contribution >= 4 is 16.8 Å². The van der Waals surface area contributed by atoms with E-state index in [-0.39, 0.29) is 19.2 Å². The van der Waals surface area contributed by atoms with E-state index in [0.29, 0.717) is 39.7 Å². The Labute approximate surface area is 153 Å². The number of benzene rings is 2. The van der Waals surface area contributed by atoms with Crippen LogP contribution >= 0.6 is 0 Å². The van der Waals surface area contributed by atoms with Gasteiger partial charge in [-0.3, -0.25) is 4.79 Å². The van der Waals surface area contributed by atoms with Gasteiger partial charge in [-0.2, -0.15) is 0 Å².